The van der Waals surface area contributed by atoms with E-state index in [1.165, 1.54) is 11.3 Å². The van der Waals surface area contributed by atoms with E-state index in [0.29, 0.717) is 5.13 Å². The number of rotatable bonds is 3. The zero-order chi connectivity index (χ0) is 15.3. The Morgan fingerprint density at radius 2 is 1.91 bits per heavy atom. The third-order valence-corrected chi connectivity index (χ3v) is 5.98. The number of carboxylic acids is 1. The number of anilines is 1. The van der Waals surface area contributed by atoms with E-state index in [9.17, 15) is 14.7 Å². The molecule has 1 aromatic carbocycles. The maximum Gasteiger partial charge on any atom is 0.307 e. The van der Waals surface area contributed by atoms with Crippen molar-refractivity contribution in [2.45, 2.75) is 19.3 Å². The fourth-order valence-corrected chi connectivity index (χ4v) is 5.01. The van der Waals surface area contributed by atoms with Crippen LogP contribution in [0.15, 0.2) is 24.3 Å². The number of fused-ring (bicyclic) bond motifs is 3. The number of nitrogens with one attached hydrogen (secondary N) is 1. The molecule has 4 rings (SSSR count). The fourth-order valence-electron chi connectivity index (χ4n) is 4.14. The van der Waals surface area contributed by atoms with Crippen molar-refractivity contribution in [3.63, 3.8) is 0 Å². The van der Waals surface area contributed by atoms with Crippen LogP contribution in [0.25, 0.3) is 10.2 Å². The maximum absolute atomic E-state index is 12.6. The number of hydrogen-bond acceptors (Lipinski definition) is 4. The van der Waals surface area contributed by atoms with Gasteiger partial charge >= 0.3 is 5.97 Å². The van der Waals surface area contributed by atoms with Gasteiger partial charge in [0.05, 0.1) is 22.1 Å². The van der Waals surface area contributed by atoms with Crippen molar-refractivity contribution >= 4 is 38.6 Å². The first-order valence-corrected chi connectivity index (χ1v) is 8.34. The quantitative estimate of drug-likeness (QED) is 0.912. The van der Waals surface area contributed by atoms with E-state index in [1.807, 2.05) is 24.3 Å². The summed E-state index contributed by atoms with van der Waals surface area (Å²) in [4.78, 5) is 28.5. The molecule has 22 heavy (non-hydrogen) atoms. The van der Waals surface area contributed by atoms with Gasteiger partial charge in [-0.3, -0.25) is 9.59 Å². The summed E-state index contributed by atoms with van der Waals surface area (Å²) in [5.74, 6) is -1.60. The maximum atomic E-state index is 12.6. The molecule has 2 N–H and O–H groups in total. The van der Waals surface area contributed by atoms with Crippen LogP contribution in [0.5, 0.6) is 0 Å². The van der Waals surface area contributed by atoms with Crippen molar-refractivity contribution in [3.8, 4) is 0 Å². The number of thiazole rings is 1. The lowest BCUT2D eigenvalue weighted by molar-refractivity contribution is -0.148. The summed E-state index contributed by atoms with van der Waals surface area (Å²) >= 11 is 1.42. The highest BCUT2D eigenvalue weighted by molar-refractivity contribution is 7.22. The van der Waals surface area contributed by atoms with Gasteiger partial charge in [-0.25, -0.2) is 4.98 Å². The molecule has 4 atom stereocenters. The Bertz CT molecular complexity index is 724. The molecule has 1 heterocycles. The Morgan fingerprint density at radius 3 is 2.64 bits per heavy atom. The first-order chi connectivity index (χ1) is 10.6. The predicted octanol–water partition coefficient (Wildman–Crippen LogP) is 2.98. The standard InChI is InChI=1S/C16H16N2O3S/c19-14(12-8-5-6-9(7-8)13(12)15(20)21)18-16-17-10-3-1-2-4-11(10)22-16/h1-4,8-9,12-13H,5-7H2,(H,20,21)(H,17,18,19)/t8-,9-,12+,13-/m0/s1. The van der Waals surface area contributed by atoms with Crippen molar-refractivity contribution < 1.29 is 14.7 Å². The molecule has 2 aromatic rings. The van der Waals surface area contributed by atoms with Crippen LogP contribution in [0, 0.1) is 23.7 Å². The summed E-state index contributed by atoms with van der Waals surface area (Å²) in [5, 5.41) is 12.8. The van der Waals surface area contributed by atoms with Crippen LogP contribution >= 0.6 is 11.3 Å². The first kappa shape index (κ1) is 13.7. The van der Waals surface area contributed by atoms with Gasteiger partial charge in [0.25, 0.3) is 0 Å². The second kappa shape index (κ2) is 5.05. The molecule has 2 aliphatic carbocycles. The molecule has 2 saturated carbocycles. The minimum atomic E-state index is -0.836. The minimum absolute atomic E-state index is 0.161. The molecular formula is C16H16N2O3S. The molecule has 6 heteroatoms. The van der Waals surface area contributed by atoms with E-state index >= 15 is 0 Å². The molecule has 0 unspecified atom stereocenters. The summed E-state index contributed by atoms with van der Waals surface area (Å²) in [7, 11) is 0. The number of hydrogen-bond donors (Lipinski definition) is 2. The van der Waals surface area contributed by atoms with E-state index in [-0.39, 0.29) is 17.7 Å². The van der Waals surface area contributed by atoms with Gasteiger partial charge in [0.15, 0.2) is 5.13 Å². The highest BCUT2D eigenvalue weighted by atomic mass is 32.1. The molecule has 0 saturated heterocycles. The minimum Gasteiger partial charge on any atom is -0.481 e. The van der Waals surface area contributed by atoms with E-state index in [1.54, 1.807) is 0 Å². The monoisotopic (exact) mass is 316 g/mol. The Balaban J connectivity index is 1.57. The fraction of sp³-hybridized carbons (Fsp3) is 0.438. The number of carbonyl (C=O) groups is 2. The number of para-hydroxylation sites is 1. The van der Waals surface area contributed by atoms with Crippen LogP contribution in [-0.4, -0.2) is 22.0 Å². The highest BCUT2D eigenvalue weighted by Gasteiger charge is 2.54. The number of carbonyl (C=O) groups excluding carboxylic acids is 1. The van der Waals surface area contributed by atoms with Crippen molar-refractivity contribution in [2.24, 2.45) is 23.7 Å². The Labute approximate surface area is 131 Å². The Morgan fingerprint density at radius 1 is 1.18 bits per heavy atom. The van der Waals surface area contributed by atoms with Gasteiger partial charge in [-0.2, -0.15) is 0 Å². The van der Waals surface area contributed by atoms with Crippen molar-refractivity contribution in [2.75, 3.05) is 5.32 Å². The second-order valence-electron chi connectivity index (χ2n) is 6.20. The van der Waals surface area contributed by atoms with E-state index in [4.69, 9.17) is 0 Å². The molecule has 0 spiro atoms. The highest BCUT2D eigenvalue weighted by Crippen LogP contribution is 2.52. The summed E-state index contributed by atoms with van der Waals surface area (Å²) in [6.07, 6.45) is 2.77. The SMILES string of the molecule is O=C(Nc1nc2ccccc2s1)[C@@H]1[C@H]2CC[C@@H](C2)[C@@H]1C(=O)O. The summed E-state index contributed by atoms with van der Waals surface area (Å²) < 4.78 is 1.01. The number of benzene rings is 1. The van der Waals surface area contributed by atoms with Gasteiger partial charge in [-0.1, -0.05) is 23.5 Å². The molecule has 2 bridgehead atoms. The average molecular weight is 316 g/mol. The van der Waals surface area contributed by atoms with Gasteiger partial charge in [-0.05, 0) is 43.2 Å². The molecule has 2 aliphatic rings. The van der Waals surface area contributed by atoms with Crippen LogP contribution in [-0.2, 0) is 9.59 Å². The number of carboxylic acid groups (broad SMARTS) is 1. The van der Waals surface area contributed by atoms with E-state index in [0.717, 1.165) is 29.5 Å². The molecule has 1 amide bonds. The third-order valence-electron chi connectivity index (χ3n) is 5.03. The Kier molecular flexibility index (Phi) is 3.14. The lowest BCUT2D eigenvalue weighted by Gasteiger charge is -2.26. The third kappa shape index (κ3) is 2.09. The summed E-state index contributed by atoms with van der Waals surface area (Å²) in [5.41, 5.74) is 0.852. The molecule has 1 aromatic heterocycles. The number of amides is 1. The van der Waals surface area contributed by atoms with Gasteiger partial charge in [-0.15, -0.1) is 0 Å². The van der Waals surface area contributed by atoms with Gasteiger partial charge in [0.1, 0.15) is 0 Å². The molecule has 0 aliphatic heterocycles. The Hall–Kier alpha value is -1.95. The zero-order valence-corrected chi connectivity index (χ0v) is 12.7. The second-order valence-corrected chi connectivity index (χ2v) is 7.23. The smallest absolute Gasteiger partial charge is 0.307 e. The topological polar surface area (TPSA) is 79.3 Å². The van der Waals surface area contributed by atoms with Crippen LogP contribution in [0.4, 0.5) is 5.13 Å². The number of nitrogens with zero attached hydrogens (tertiary/aromatic N) is 1. The van der Waals surface area contributed by atoms with Gasteiger partial charge < -0.3 is 10.4 Å². The van der Waals surface area contributed by atoms with Crippen molar-refractivity contribution in [3.05, 3.63) is 24.3 Å². The summed E-state index contributed by atoms with van der Waals surface area (Å²) in [6, 6.07) is 7.70. The molecule has 114 valence electrons. The zero-order valence-electron chi connectivity index (χ0n) is 11.9. The number of aliphatic carboxylic acids is 1. The average Bonchev–Trinajstić information content (AvgIpc) is 3.19. The lowest BCUT2D eigenvalue weighted by atomic mass is 9.79. The van der Waals surface area contributed by atoms with Crippen LogP contribution in [0.1, 0.15) is 19.3 Å². The number of aromatic nitrogens is 1. The van der Waals surface area contributed by atoms with Crippen LogP contribution < -0.4 is 5.32 Å². The first-order valence-electron chi connectivity index (χ1n) is 7.53. The van der Waals surface area contributed by atoms with Crippen molar-refractivity contribution in [1.82, 2.24) is 4.98 Å². The largest absolute Gasteiger partial charge is 0.481 e. The summed E-state index contributed by atoms with van der Waals surface area (Å²) in [6.45, 7) is 0. The normalized spacial score (nSPS) is 29.8. The van der Waals surface area contributed by atoms with Gasteiger partial charge in [0.2, 0.25) is 5.91 Å². The van der Waals surface area contributed by atoms with Crippen LogP contribution in [0.2, 0.25) is 0 Å². The molecule has 2 fully saturated rings. The molecule has 5 nitrogen and oxygen atoms in total. The van der Waals surface area contributed by atoms with Crippen LogP contribution in [0.3, 0.4) is 0 Å². The molecular weight excluding hydrogens is 300 g/mol. The van der Waals surface area contributed by atoms with Crippen molar-refractivity contribution in [1.29, 1.82) is 0 Å². The lowest BCUT2D eigenvalue weighted by Crippen LogP contribution is -2.37. The van der Waals surface area contributed by atoms with E-state index in [2.05, 4.69) is 10.3 Å². The van der Waals surface area contributed by atoms with E-state index < -0.39 is 17.8 Å². The predicted molar refractivity (Wildman–Crippen MR) is 83.7 cm³/mol. The molecule has 0 radical (unpaired) electrons. The van der Waals surface area contributed by atoms with Gasteiger partial charge in [0, 0.05) is 0 Å².